The highest BCUT2D eigenvalue weighted by molar-refractivity contribution is 6.62. The summed E-state index contributed by atoms with van der Waals surface area (Å²) in [5, 5.41) is 9.60. The molecule has 166 valence electrons. The first-order valence-electron chi connectivity index (χ1n) is 10.9. The Bertz CT molecular complexity index is 759. The summed E-state index contributed by atoms with van der Waals surface area (Å²) in [7, 11) is -0.368. The van der Waals surface area contributed by atoms with Crippen LogP contribution in [0.5, 0.6) is 0 Å². The Morgan fingerprint density at radius 3 is 2.37 bits per heavy atom. The van der Waals surface area contributed by atoms with Crippen molar-refractivity contribution in [3.05, 3.63) is 29.8 Å². The fourth-order valence-corrected chi connectivity index (χ4v) is 4.27. The lowest BCUT2D eigenvalue weighted by Gasteiger charge is -2.42. The first-order chi connectivity index (χ1) is 13.8. The average molecular weight is 416 g/mol. The van der Waals surface area contributed by atoms with Crippen molar-refractivity contribution in [2.45, 2.75) is 78.7 Å². The third-order valence-corrected chi connectivity index (χ3v) is 6.54. The second-order valence-electron chi connectivity index (χ2n) is 11.0. The van der Waals surface area contributed by atoms with Gasteiger partial charge >= 0.3 is 13.2 Å². The molecular formula is C23H37BN2O4. The topological polar surface area (TPSA) is 62.2 Å². The molecule has 30 heavy (non-hydrogen) atoms. The van der Waals surface area contributed by atoms with Gasteiger partial charge in [0.25, 0.3) is 0 Å². The van der Waals surface area contributed by atoms with E-state index in [1.54, 1.807) is 4.90 Å². The zero-order chi connectivity index (χ0) is 22.3. The molecule has 1 amide bonds. The molecule has 1 atom stereocenters. The third kappa shape index (κ3) is 5.18. The number of benzene rings is 1. The maximum atomic E-state index is 11.7. The molecule has 2 fully saturated rings. The standard InChI is InChI=1S/C23H37BN2O4/c1-21(2,3)14-19-16-25(11-12-26(19)20(27)28)15-17-9-8-10-18(13-17)24-29-22(4,5)23(6,7)30-24/h8-10,13,19H,11-12,14-16H2,1-7H3,(H,27,28)/t19-/m0/s1. The maximum absolute atomic E-state index is 11.7. The predicted molar refractivity (Wildman–Crippen MR) is 120 cm³/mol. The predicted octanol–water partition coefficient (Wildman–Crippen LogP) is 3.59. The molecule has 2 aliphatic heterocycles. The van der Waals surface area contributed by atoms with Crippen molar-refractivity contribution >= 4 is 18.7 Å². The second-order valence-corrected chi connectivity index (χ2v) is 11.0. The fourth-order valence-electron chi connectivity index (χ4n) is 4.27. The molecule has 0 aliphatic carbocycles. The fraction of sp³-hybridized carbons (Fsp3) is 0.696. The first kappa shape index (κ1) is 23.1. The smallest absolute Gasteiger partial charge is 0.465 e. The highest BCUT2D eigenvalue weighted by Gasteiger charge is 2.51. The average Bonchev–Trinajstić information content (AvgIpc) is 2.81. The summed E-state index contributed by atoms with van der Waals surface area (Å²) >= 11 is 0. The minimum atomic E-state index is -0.813. The minimum Gasteiger partial charge on any atom is -0.465 e. The Labute approximate surface area is 181 Å². The van der Waals surface area contributed by atoms with Crippen molar-refractivity contribution in [2.75, 3.05) is 19.6 Å². The van der Waals surface area contributed by atoms with Crippen LogP contribution in [-0.2, 0) is 15.9 Å². The van der Waals surface area contributed by atoms with E-state index in [-0.39, 0.29) is 29.8 Å². The summed E-state index contributed by atoms with van der Waals surface area (Å²) in [4.78, 5) is 15.7. The molecule has 0 unspecified atom stereocenters. The van der Waals surface area contributed by atoms with Crippen molar-refractivity contribution in [2.24, 2.45) is 5.41 Å². The number of piperazine rings is 1. The molecule has 2 heterocycles. The van der Waals surface area contributed by atoms with Gasteiger partial charge in [0.15, 0.2) is 0 Å². The third-order valence-electron chi connectivity index (χ3n) is 6.54. The monoisotopic (exact) mass is 416 g/mol. The molecular weight excluding hydrogens is 379 g/mol. The number of hydrogen-bond donors (Lipinski definition) is 1. The van der Waals surface area contributed by atoms with Crippen LogP contribution in [0.4, 0.5) is 4.79 Å². The summed E-state index contributed by atoms with van der Waals surface area (Å²) in [6.45, 7) is 17.6. The highest BCUT2D eigenvalue weighted by atomic mass is 16.7. The van der Waals surface area contributed by atoms with Crippen molar-refractivity contribution in [3.8, 4) is 0 Å². The van der Waals surface area contributed by atoms with Crippen LogP contribution in [0, 0.1) is 5.41 Å². The van der Waals surface area contributed by atoms with E-state index in [2.05, 4.69) is 77.6 Å². The van der Waals surface area contributed by atoms with Crippen LogP contribution >= 0.6 is 0 Å². The summed E-state index contributed by atoms with van der Waals surface area (Å²) in [6, 6.07) is 8.40. The highest BCUT2D eigenvalue weighted by Crippen LogP contribution is 2.36. The van der Waals surface area contributed by atoms with Gasteiger partial charge in [-0.15, -0.1) is 0 Å². The van der Waals surface area contributed by atoms with Gasteiger partial charge in [-0.1, -0.05) is 45.0 Å². The zero-order valence-electron chi connectivity index (χ0n) is 19.6. The van der Waals surface area contributed by atoms with Crippen molar-refractivity contribution in [3.63, 3.8) is 0 Å². The molecule has 6 nitrogen and oxygen atoms in total. The molecule has 0 radical (unpaired) electrons. The molecule has 2 saturated heterocycles. The van der Waals surface area contributed by atoms with Gasteiger partial charge in [-0.3, -0.25) is 4.90 Å². The lowest BCUT2D eigenvalue weighted by Crippen LogP contribution is -2.55. The molecule has 1 aromatic carbocycles. The van der Waals surface area contributed by atoms with Crippen LogP contribution in [-0.4, -0.2) is 65.0 Å². The van der Waals surface area contributed by atoms with Gasteiger partial charge < -0.3 is 19.3 Å². The maximum Gasteiger partial charge on any atom is 0.494 e. The van der Waals surface area contributed by atoms with Gasteiger partial charge in [0.1, 0.15) is 0 Å². The van der Waals surface area contributed by atoms with Gasteiger partial charge in [-0.25, -0.2) is 4.79 Å². The summed E-state index contributed by atoms with van der Waals surface area (Å²) < 4.78 is 12.4. The van der Waals surface area contributed by atoms with Crippen molar-refractivity contribution in [1.82, 2.24) is 9.80 Å². The molecule has 1 N–H and O–H groups in total. The Balaban J connectivity index is 1.70. The SMILES string of the molecule is CC(C)(C)C[C@H]1CN(Cc2cccc(B3OC(C)(C)C(C)(C)O3)c2)CCN1C(=O)O. The quantitative estimate of drug-likeness (QED) is 0.761. The van der Waals surface area contributed by atoms with Crippen LogP contribution in [0.15, 0.2) is 24.3 Å². The lowest BCUT2D eigenvalue weighted by molar-refractivity contribution is 0.00578. The molecule has 0 spiro atoms. The van der Waals surface area contributed by atoms with Gasteiger partial charge in [-0.05, 0) is 50.6 Å². The number of nitrogens with zero attached hydrogens (tertiary/aromatic N) is 2. The Hall–Kier alpha value is -1.57. The van der Waals surface area contributed by atoms with E-state index in [4.69, 9.17) is 9.31 Å². The van der Waals surface area contributed by atoms with Crippen LogP contribution < -0.4 is 5.46 Å². The van der Waals surface area contributed by atoms with Crippen molar-refractivity contribution < 1.29 is 19.2 Å². The summed E-state index contributed by atoms with van der Waals surface area (Å²) in [5.41, 5.74) is 1.59. The van der Waals surface area contributed by atoms with E-state index in [0.29, 0.717) is 6.54 Å². The van der Waals surface area contributed by atoms with Crippen LogP contribution in [0.2, 0.25) is 0 Å². The number of carboxylic acid groups (broad SMARTS) is 1. The van der Waals surface area contributed by atoms with Gasteiger partial charge in [0.05, 0.1) is 11.2 Å². The van der Waals surface area contributed by atoms with E-state index in [0.717, 1.165) is 31.5 Å². The zero-order valence-corrected chi connectivity index (χ0v) is 19.6. The van der Waals surface area contributed by atoms with E-state index in [1.807, 2.05) is 0 Å². The van der Waals surface area contributed by atoms with E-state index in [1.165, 1.54) is 5.56 Å². The largest absolute Gasteiger partial charge is 0.494 e. The van der Waals surface area contributed by atoms with Gasteiger partial charge in [0, 0.05) is 32.2 Å². The molecule has 0 aromatic heterocycles. The molecule has 7 heteroatoms. The Morgan fingerprint density at radius 1 is 1.17 bits per heavy atom. The normalized spacial score (nSPS) is 24.3. The Morgan fingerprint density at radius 2 is 1.80 bits per heavy atom. The molecule has 3 rings (SSSR count). The second kappa shape index (κ2) is 8.17. The number of amides is 1. The minimum absolute atomic E-state index is 0.0162. The van der Waals surface area contributed by atoms with E-state index >= 15 is 0 Å². The summed E-state index contributed by atoms with van der Waals surface area (Å²) in [6.07, 6.45) is 0.0377. The van der Waals surface area contributed by atoms with Crippen LogP contribution in [0.3, 0.4) is 0 Å². The number of carbonyl (C=O) groups is 1. The first-order valence-corrected chi connectivity index (χ1v) is 10.9. The number of hydrogen-bond acceptors (Lipinski definition) is 4. The van der Waals surface area contributed by atoms with Crippen molar-refractivity contribution in [1.29, 1.82) is 0 Å². The molecule has 0 saturated carbocycles. The van der Waals surface area contributed by atoms with E-state index in [9.17, 15) is 9.90 Å². The summed E-state index contributed by atoms with van der Waals surface area (Å²) in [5.74, 6) is 0. The molecule has 0 bridgehead atoms. The lowest BCUT2D eigenvalue weighted by atomic mass is 9.78. The van der Waals surface area contributed by atoms with Gasteiger partial charge in [0.2, 0.25) is 0 Å². The van der Waals surface area contributed by atoms with Crippen LogP contribution in [0.25, 0.3) is 0 Å². The molecule has 1 aromatic rings. The molecule has 2 aliphatic rings. The van der Waals surface area contributed by atoms with Crippen LogP contribution in [0.1, 0.15) is 60.5 Å². The van der Waals surface area contributed by atoms with E-state index < -0.39 is 6.09 Å². The Kier molecular flexibility index (Phi) is 6.29. The number of rotatable bonds is 4. The van der Waals surface area contributed by atoms with Gasteiger partial charge in [-0.2, -0.15) is 0 Å².